The molecular formula is C19H21BrFN3O3S. The number of halogens is 2. The number of carbonyl (C=O) groups excluding carboxylic acids is 1. The van der Waals surface area contributed by atoms with E-state index in [1.165, 1.54) is 22.5 Å². The summed E-state index contributed by atoms with van der Waals surface area (Å²) >= 11 is 3.35. The molecule has 2 aromatic rings. The van der Waals surface area contributed by atoms with E-state index in [9.17, 15) is 17.6 Å². The second-order valence-corrected chi connectivity index (χ2v) is 9.42. The first-order chi connectivity index (χ1) is 13.3. The van der Waals surface area contributed by atoms with E-state index >= 15 is 0 Å². The fourth-order valence-electron chi connectivity index (χ4n) is 3.05. The smallest absolute Gasteiger partial charge is 0.243 e. The fourth-order valence-corrected chi connectivity index (χ4v) is 4.77. The molecule has 9 heteroatoms. The summed E-state index contributed by atoms with van der Waals surface area (Å²) in [5, 5.41) is 2.86. The quantitative estimate of drug-likeness (QED) is 0.730. The lowest BCUT2D eigenvalue weighted by atomic mass is 10.2. The Labute approximate surface area is 172 Å². The molecule has 1 amide bonds. The highest BCUT2D eigenvalue weighted by atomic mass is 79.9. The Balaban J connectivity index is 1.59. The van der Waals surface area contributed by atoms with Gasteiger partial charge in [0.1, 0.15) is 5.82 Å². The predicted molar refractivity (Wildman–Crippen MR) is 109 cm³/mol. The van der Waals surface area contributed by atoms with Crippen LogP contribution in [0.3, 0.4) is 0 Å². The van der Waals surface area contributed by atoms with E-state index in [4.69, 9.17) is 0 Å². The maximum Gasteiger partial charge on any atom is 0.243 e. The Hall–Kier alpha value is -1.81. The van der Waals surface area contributed by atoms with Crippen LogP contribution in [0.5, 0.6) is 0 Å². The molecule has 1 N–H and O–H groups in total. The van der Waals surface area contributed by atoms with Gasteiger partial charge < -0.3 is 5.32 Å². The molecule has 2 aromatic carbocycles. The van der Waals surface area contributed by atoms with Crippen LogP contribution in [0.2, 0.25) is 0 Å². The highest BCUT2D eigenvalue weighted by Gasteiger charge is 2.32. The summed E-state index contributed by atoms with van der Waals surface area (Å²) in [4.78, 5) is 14.4. The third-order valence-electron chi connectivity index (χ3n) is 4.75. The molecular weight excluding hydrogens is 449 g/mol. The molecule has 1 saturated heterocycles. The topological polar surface area (TPSA) is 69.7 Å². The summed E-state index contributed by atoms with van der Waals surface area (Å²) in [5.41, 5.74) is 0.701. The molecule has 1 unspecified atom stereocenters. The molecule has 1 fully saturated rings. The van der Waals surface area contributed by atoms with Crippen molar-refractivity contribution in [2.45, 2.75) is 17.9 Å². The largest absolute Gasteiger partial charge is 0.325 e. The maximum atomic E-state index is 13.4. The van der Waals surface area contributed by atoms with Crippen LogP contribution in [0.4, 0.5) is 10.1 Å². The van der Waals surface area contributed by atoms with Gasteiger partial charge in [-0.2, -0.15) is 4.31 Å². The molecule has 0 radical (unpaired) electrons. The number of sulfonamides is 1. The fraction of sp³-hybridized carbons (Fsp3) is 0.316. The van der Waals surface area contributed by atoms with Crippen LogP contribution in [0, 0.1) is 5.82 Å². The first-order valence-electron chi connectivity index (χ1n) is 8.83. The minimum atomic E-state index is -3.74. The van der Waals surface area contributed by atoms with Crippen molar-refractivity contribution in [3.63, 3.8) is 0 Å². The van der Waals surface area contributed by atoms with Crippen molar-refractivity contribution in [2.75, 3.05) is 31.5 Å². The monoisotopic (exact) mass is 469 g/mol. The summed E-state index contributed by atoms with van der Waals surface area (Å²) in [6.07, 6.45) is 0. The number of nitrogens with zero attached hydrogens (tertiary/aromatic N) is 2. The van der Waals surface area contributed by atoms with Crippen LogP contribution in [-0.2, 0) is 14.8 Å². The van der Waals surface area contributed by atoms with E-state index in [-0.39, 0.29) is 23.9 Å². The lowest BCUT2D eigenvalue weighted by molar-refractivity contribution is -0.121. The SMILES string of the molecule is CC(C(=O)Nc1ccc(Br)cc1)N1CCN(S(=O)(=O)c2cccc(F)c2)CC1. The first-order valence-corrected chi connectivity index (χ1v) is 11.1. The number of benzene rings is 2. The molecule has 1 atom stereocenters. The van der Waals surface area contributed by atoms with E-state index in [2.05, 4.69) is 21.2 Å². The number of piperazine rings is 1. The number of anilines is 1. The lowest BCUT2D eigenvalue weighted by Crippen LogP contribution is -2.53. The number of rotatable bonds is 5. The number of hydrogen-bond acceptors (Lipinski definition) is 4. The summed E-state index contributed by atoms with van der Waals surface area (Å²) in [5.74, 6) is -0.735. The first kappa shape index (κ1) is 20.9. The maximum absolute atomic E-state index is 13.4. The Morgan fingerprint density at radius 3 is 2.36 bits per heavy atom. The van der Waals surface area contributed by atoms with Gasteiger partial charge in [-0.25, -0.2) is 12.8 Å². The molecule has 1 heterocycles. The molecule has 1 aliphatic rings. The minimum Gasteiger partial charge on any atom is -0.325 e. The van der Waals surface area contributed by atoms with Gasteiger partial charge >= 0.3 is 0 Å². The molecule has 1 aliphatic heterocycles. The zero-order valence-corrected chi connectivity index (χ0v) is 17.7. The zero-order chi connectivity index (χ0) is 20.3. The average Bonchev–Trinajstić information content (AvgIpc) is 2.69. The summed E-state index contributed by atoms with van der Waals surface area (Å²) in [6.45, 7) is 3.13. The van der Waals surface area contributed by atoms with E-state index in [1.54, 1.807) is 19.1 Å². The van der Waals surface area contributed by atoms with Gasteiger partial charge in [0.05, 0.1) is 10.9 Å². The summed E-state index contributed by atoms with van der Waals surface area (Å²) < 4.78 is 41.0. The van der Waals surface area contributed by atoms with Crippen LogP contribution in [0.25, 0.3) is 0 Å². The van der Waals surface area contributed by atoms with Crippen LogP contribution >= 0.6 is 15.9 Å². The number of nitrogens with one attached hydrogen (secondary N) is 1. The van der Waals surface area contributed by atoms with Crippen molar-refractivity contribution >= 4 is 37.5 Å². The lowest BCUT2D eigenvalue weighted by Gasteiger charge is -2.36. The number of amides is 1. The van der Waals surface area contributed by atoms with E-state index in [0.717, 1.165) is 10.5 Å². The van der Waals surface area contributed by atoms with Gasteiger partial charge in [0.2, 0.25) is 15.9 Å². The second kappa shape index (κ2) is 8.69. The molecule has 0 saturated carbocycles. The van der Waals surface area contributed by atoms with Gasteiger partial charge in [-0.05, 0) is 49.4 Å². The van der Waals surface area contributed by atoms with Crippen LogP contribution < -0.4 is 5.32 Å². The average molecular weight is 470 g/mol. The van der Waals surface area contributed by atoms with E-state index < -0.39 is 21.9 Å². The molecule has 3 rings (SSSR count). The highest BCUT2D eigenvalue weighted by molar-refractivity contribution is 9.10. The van der Waals surface area contributed by atoms with Crippen LogP contribution in [0.15, 0.2) is 57.9 Å². The van der Waals surface area contributed by atoms with Crippen molar-refractivity contribution in [3.8, 4) is 0 Å². The molecule has 0 spiro atoms. The Kier molecular flexibility index (Phi) is 6.49. The van der Waals surface area contributed by atoms with Gasteiger partial charge in [0.15, 0.2) is 0 Å². The summed E-state index contributed by atoms with van der Waals surface area (Å²) in [7, 11) is -3.74. The van der Waals surface area contributed by atoms with Gasteiger partial charge in [-0.15, -0.1) is 0 Å². The molecule has 0 bridgehead atoms. The molecule has 0 aromatic heterocycles. The summed E-state index contributed by atoms with van der Waals surface area (Å²) in [6, 6.07) is 11.9. The third kappa shape index (κ3) is 4.78. The van der Waals surface area contributed by atoms with Gasteiger partial charge in [-0.1, -0.05) is 22.0 Å². The van der Waals surface area contributed by atoms with Gasteiger partial charge in [-0.3, -0.25) is 9.69 Å². The minimum absolute atomic E-state index is 0.0537. The van der Waals surface area contributed by atoms with E-state index in [0.29, 0.717) is 18.8 Å². The molecule has 28 heavy (non-hydrogen) atoms. The van der Waals surface area contributed by atoms with Crippen molar-refractivity contribution in [1.29, 1.82) is 0 Å². The van der Waals surface area contributed by atoms with Crippen LogP contribution in [-0.4, -0.2) is 55.8 Å². The zero-order valence-electron chi connectivity index (χ0n) is 15.3. The molecule has 6 nitrogen and oxygen atoms in total. The number of hydrogen-bond donors (Lipinski definition) is 1. The molecule has 0 aliphatic carbocycles. The van der Waals surface area contributed by atoms with Crippen molar-refractivity contribution in [3.05, 3.63) is 58.8 Å². The van der Waals surface area contributed by atoms with Crippen molar-refractivity contribution < 1.29 is 17.6 Å². The molecule has 150 valence electrons. The Morgan fingerprint density at radius 1 is 1.11 bits per heavy atom. The van der Waals surface area contributed by atoms with Crippen LogP contribution in [0.1, 0.15) is 6.92 Å². The Morgan fingerprint density at radius 2 is 1.75 bits per heavy atom. The normalized spacial score (nSPS) is 17.2. The third-order valence-corrected chi connectivity index (χ3v) is 7.17. The number of carbonyl (C=O) groups is 1. The van der Waals surface area contributed by atoms with E-state index in [1.807, 2.05) is 17.0 Å². The second-order valence-electron chi connectivity index (χ2n) is 6.57. The van der Waals surface area contributed by atoms with Gasteiger partial charge in [0, 0.05) is 36.3 Å². The van der Waals surface area contributed by atoms with Gasteiger partial charge in [0.25, 0.3) is 0 Å². The Bertz CT molecular complexity index is 945. The predicted octanol–water partition coefficient (Wildman–Crippen LogP) is 2.92. The standard InChI is InChI=1S/C19H21BrFN3O3S/c1-14(19(25)22-17-7-5-15(20)6-8-17)23-9-11-24(12-10-23)28(26,27)18-4-2-3-16(21)13-18/h2-8,13-14H,9-12H2,1H3,(H,22,25). The van der Waals surface area contributed by atoms with Crippen molar-refractivity contribution in [1.82, 2.24) is 9.21 Å². The highest BCUT2D eigenvalue weighted by Crippen LogP contribution is 2.20. The van der Waals surface area contributed by atoms with Crippen molar-refractivity contribution in [2.24, 2.45) is 0 Å².